The Morgan fingerprint density at radius 3 is 2.56 bits per heavy atom. The maximum atomic E-state index is 13.7. The molecule has 0 bridgehead atoms. The van der Waals surface area contributed by atoms with Crippen molar-refractivity contribution in [2.75, 3.05) is 32.3 Å². The van der Waals surface area contributed by atoms with Crippen LogP contribution in [0.3, 0.4) is 0 Å². The third-order valence-corrected chi connectivity index (χ3v) is 7.50. The summed E-state index contributed by atoms with van der Waals surface area (Å²) in [5.41, 5.74) is 3.52. The Morgan fingerprint density at radius 1 is 1.11 bits per heavy atom. The van der Waals surface area contributed by atoms with E-state index in [-0.39, 0.29) is 11.7 Å². The van der Waals surface area contributed by atoms with Crippen LogP contribution in [0.25, 0.3) is 0 Å². The molecule has 0 saturated carbocycles. The molecule has 2 unspecified atom stereocenters. The molecule has 1 aliphatic heterocycles. The molecule has 2 aromatic rings. The smallest absolute Gasteiger partial charge is 0.336 e. The Balaban J connectivity index is 1.68. The van der Waals surface area contributed by atoms with E-state index < -0.39 is 11.9 Å². The molecule has 0 spiro atoms. The summed E-state index contributed by atoms with van der Waals surface area (Å²) in [6.45, 7) is 6.09. The van der Waals surface area contributed by atoms with E-state index in [2.05, 4.69) is 12.2 Å². The lowest BCUT2D eigenvalue weighted by Gasteiger charge is -2.35. The SMILES string of the molecule is CCSCCOC(=O)C1=C(C)NC2=C(C(=O)CC(c3ccc(OC)c(OC)c3)C2)C1c1ccc(C)o1. The monoisotopic (exact) mass is 511 g/mol. The number of carbonyl (C=O) groups excluding carboxylic acids is 2. The van der Waals surface area contributed by atoms with Crippen molar-refractivity contribution in [3.8, 4) is 11.5 Å². The molecule has 7 nitrogen and oxygen atoms in total. The number of nitrogens with one attached hydrogen (secondary N) is 1. The van der Waals surface area contributed by atoms with E-state index in [9.17, 15) is 9.59 Å². The third kappa shape index (κ3) is 5.19. The number of benzene rings is 1. The highest BCUT2D eigenvalue weighted by atomic mass is 32.2. The summed E-state index contributed by atoms with van der Waals surface area (Å²) in [6, 6.07) is 9.46. The van der Waals surface area contributed by atoms with Gasteiger partial charge in [-0.25, -0.2) is 4.79 Å². The number of dihydropyridines is 1. The fourth-order valence-electron chi connectivity index (χ4n) is 4.96. The second-order valence-electron chi connectivity index (χ2n) is 8.91. The number of rotatable bonds is 9. The standard InChI is InChI=1S/C28H33NO6S/c1-6-36-12-11-34-28(31)25-17(3)29-20-13-19(18-8-10-22(32-4)24(15-18)33-5)14-21(30)26(20)27(25)23-9-7-16(2)35-23/h7-10,15,19,27,29H,6,11-14H2,1-5H3. The van der Waals surface area contributed by atoms with Gasteiger partial charge in [-0.3, -0.25) is 4.79 Å². The summed E-state index contributed by atoms with van der Waals surface area (Å²) in [6.07, 6.45) is 0.945. The van der Waals surface area contributed by atoms with Crippen molar-refractivity contribution in [3.05, 3.63) is 70.0 Å². The van der Waals surface area contributed by atoms with Crippen molar-refractivity contribution in [2.24, 2.45) is 0 Å². The van der Waals surface area contributed by atoms with E-state index >= 15 is 0 Å². The van der Waals surface area contributed by atoms with E-state index in [1.165, 1.54) is 0 Å². The van der Waals surface area contributed by atoms with Crippen molar-refractivity contribution in [2.45, 2.75) is 45.4 Å². The summed E-state index contributed by atoms with van der Waals surface area (Å²) < 4.78 is 22.4. The number of carbonyl (C=O) groups is 2. The zero-order chi connectivity index (χ0) is 25.8. The first-order chi connectivity index (χ1) is 17.4. The van der Waals surface area contributed by atoms with Crippen molar-refractivity contribution >= 4 is 23.5 Å². The van der Waals surface area contributed by atoms with E-state index in [0.717, 1.165) is 28.5 Å². The number of Topliss-reactive ketones (excluding diaryl/α,β-unsaturated/α-hetero) is 1. The van der Waals surface area contributed by atoms with Gasteiger partial charge in [0.25, 0.3) is 0 Å². The van der Waals surface area contributed by atoms with Gasteiger partial charge >= 0.3 is 5.97 Å². The molecule has 0 saturated heterocycles. The number of allylic oxidation sites excluding steroid dienone is 3. The third-order valence-electron chi connectivity index (χ3n) is 6.64. The Morgan fingerprint density at radius 2 is 1.89 bits per heavy atom. The Labute approximate surface area is 216 Å². The molecule has 192 valence electrons. The van der Waals surface area contributed by atoms with Gasteiger partial charge in [0, 0.05) is 29.1 Å². The molecule has 1 aromatic heterocycles. The van der Waals surface area contributed by atoms with Crippen LogP contribution in [-0.2, 0) is 14.3 Å². The van der Waals surface area contributed by atoms with Crippen LogP contribution in [0.2, 0.25) is 0 Å². The first-order valence-electron chi connectivity index (χ1n) is 12.1. The Hall–Kier alpha value is -3.13. The average Bonchev–Trinajstić information content (AvgIpc) is 3.30. The number of esters is 1. The molecule has 1 aromatic carbocycles. The van der Waals surface area contributed by atoms with Gasteiger partial charge in [0.05, 0.1) is 25.7 Å². The van der Waals surface area contributed by atoms with Crippen LogP contribution in [0.15, 0.2) is 57.3 Å². The van der Waals surface area contributed by atoms with Gasteiger partial charge in [0.1, 0.15) is 18.1 Å². The first-order valence-corrected chi connectivity index (χ1v) is 13.3. The summed E-state index contributed by atoms with van der Waals surface area (Å²) in [4.78, 5) is 26.9. The quantitative estimate of drug-likeness (QED) is 0.360. The molecule has 2 heterocycles. The largest absolute Gasteiger partial charge is 0.493 e. The number of ketones is 1. The van der Waals surface area contributed by atoms with Gasteiger partial charge in [-0.15, -0.1) is 0 Å². The number of methoxy groups -OCH3 is 2. The van der Waals surface area contributed by atoms with Gasteiger partial charge in [-0.2, -0.15) is 11.8 Å². The molecular formula is C28H33NO6S. The van der Waals surface area contributed by atoms with Crippen molar-refractivity contribution in [1.29, 1.82) is 0 Å². The maximum Gasteiger partial charge on any atom is 0.336 e. The van der Waals surface area contributed by atoms with Crippen molar-refractivity contribution in [3.63, 3.8) is 0 Å². The lowest BCUT2D eigenvalue weighted by atomic mass is 9.73. The lowest BCUT2D eigenvalue weighted by molar-refractivity contribution is -0.138. The lowest BCUT2D eigenvalue weighted by Crippen LogP contribution is -2.36. The second kappa shape index (κ2) is 11.3. The summed E-state index contributed by atoms with van der Waals surface area (Å²) in [5.74, 6) is 3.20. The minimum Gasteiger partial charge on any atom is -0.493 e. The molecule has 0 radical (unpaired) electrons. The highest BCUT2D eigenvalue weighted by Crippen LogP contribution is 2.46. The van der Waals surface area contributed by atoms with Gasteiger partial charge in [0.15, 0.2) is 17.3 Å². The molecule has 1 aliphatic carbocycles. The highest BCUT2D eigenvalue weighted by molar-refractivity contribution is 7.99. The fraction of sp³-hybridized carbons (Fsp3) is 0.429. The highest BCUT2D eigenvalue weighted by Gasteiger charge is 2.42. The first kappa shape index (κ1) is 25.9. The molecule has 1 N–H and O–H groups in total. The zero-order valence-electron chi connectivity index (χ0n) is 21.4. The topological polar surface area (TPSA) is 87.0 Å². The van der Waals surface area contributed by atoms with Gasteiger partial charge in [-0.05, 0) is 61.8 Å². The number of ether oxygens (including phenoxy) is 3. The Bertz CT molecular complexity index is 1210. The number of hydrogen-bond donors (Lipinski definition) is 1. The molecule has 2 atom stereocenters. The van der Waals surface area contributed by atoms with Crippen LogP contribution in [0.5, 0.6) is 11.5 Å². The van der Waals surface area contributed by atoms with E-state index in [1.54, 1.807) is 26.0 Å². The molecule has 4 rings (SSSR count). The van der Waals surface area contributed by atoms with Crippen LogP contribution in [0, 0.1) is 6.92 Å². The van der Waals surface area contributed by atoms with Crippen LogP contribution in [0.1, 0.15) is 55.6 Å². The second-order valence-corrected chi connectivity index (χ2v) is 10.3. The van der Waals surface area contributed by atoms with E-state index in [4.69, 9.17) is 18.6 Å². The molecule has 8 heteroatoms. The minimum atomic E-state index is -0.597. The fourth-order valence-corrected chi connectivity index (χ4v) is 5.45. The number of aryl methyl sites for hydroxylation is 1. The zero-order valence-corrected chi connectivity index (χ0v) is 22.3. The minimum absolute atomic E-state index is 0.0121. The van der Waals surface area contributed by atoms with Crippen molar-refractivity contribution in [1.82, 2.24) is 5.32 Å². The average molecular weight is 512 g/mol. The number of furan rings is 1. The Kier molecular flexibility index (Phi) is 8.14. The van der Waals surface area contributed by atoms with Crippen LogP contribution in [0.4, 0.5) is 0 Å². The maximum absolute atomic E-state index is 13.7. The normalized spacial score (nSPS) is 19.6. The van der Waals surface area contributed by atoms with Crippen LogP contribution >= 0.6 is 11.8 Å². The predicted molar refractivity (Wildman–Crippen MR) is 140 cm³/mol. The van der Waals surface area contributed by atoms with Crippen LogP contribution in [-0.4, -0.2) is 44.1 Å². The number of hydrogen-bond acceptors (Lipinski definition) is 8. The van der Waals surface area contributed by atoms with Gasteiger partial charge in [0.2, 0.25) is 0 Å². The van der Waals surface area contributed by atoms with E-state index in [0.29, 0.717) is 53.6 Å². The molecule has 2 aliphatic rings. The molecular weight excluding hydrogens is 478 g/mol. The van der Waals surface area contributed by atoms with Crippen molar-refractivity contribution < 1.29 is 28.2 Å². The number of thioether (sulfide) groups is 1. The summed E-state index contributed by atoms with van der Waals surface area (Å²) >= 11 is 1.71. The molecule has 36 heavy (non-hydrogen) atoms. The molecule has 0 fully saturated rings. The van der Waals surface area contributed by atoms with Gasteiger partial charge < -0.3 is 23.9 Å². The summed E-state index contributed by atoms with van der Waals surface area (Å²) in [7, 11) is 3.20. The summed E-state index contributed by atoms with van der Waals surface area (Å²) in [5, 5.41) is 3.37. The van der Waals surface area contributed by atoms with E-state index in [1.807, 2.05) is 44.2 Å². The van der Waals surface area contributed by atoms with Crippen LogP contribution < -0.4 is 14.8 Å². The predicted octanol–water partition coefficient (Wildman–Crippen LogP) is 5.26. The molecule has 0 amide bonds. The van der Waals surface area contributed by atoms with Gasteiger partial charge in [-0.1, -0.05) is 13.0 Å².